The van der Waals surface area contributed by atoms with Crippen molar-refractivity contribution in [1.82, 2.24) is 15.5 Å². The van der Waals surface area contributed by atoms with Gasteiger partial charge in [-0.05, 0) is 42.5 Å². The molecule has 0 aliphatic heterocycles. The molecular formula is C21H21FN4O3. The number of benzene rings is 2. The van der Waals surface area contributed by atoms with Gasteiger partial charge >= 0.3 is 0 Å². The summed E-state index contributed by atoms with van der Waals surface area (Å²) < 4.78 is 24.2. The minimum atomic E-state index is -0.350. The molecule has 0 atom stereocenters. The highest BCUT2D eigenvalue weighted by atomic mass is 19.1. The van der Waals surface area contributed by atoms with Crippen molar-refractivity contribution in [3.63, 3.8) is 0 Å². The third-order valence-corrected chi connectivity index (χ3v) is 4.03. The molecule has 0 unspecified atom stereocenters. The first-order chi connectivity index (χ1) is 14.2. The molecule has 0 aliphatic carbocycles. The number of ether oxygens (including phenoxy) is 2. The molecule has 0 spiro atoms. The van der Waals surface area contributed by atoms with Crippen LogP contribution >= 0.6 is 0 Å². The number of amides is 1. The normalized spacial score (nSPS) is 10.3. The molecule has 150 valence electrons. The van der Waals surface area contributed by atoms with Crippen LogP contribution in [0.25, 0.3) is 0 Å². The zero-order chi connectivity index (χ0) is 20.5. The second kappa shape index (κ2) is 10.0. The molecule has 0 saturated heterocycles. The lowest BCUT2D eigenvalue weighted by atomic mass is 10.2. The summed E-state index contributed by atoms with van der Waals surface area (Å²) in [6, 6.07) is 16.8. The first kappa shape index (κ1) is 20.1. The molecule has 0 radical (unpaired) electrons. The number of hydrogen-bond acceptors (Lipinski definition) is 6. The second-order valence-electron chi connectivity index (χ2n) is 6.03. The second-order valence-corrected chi connectivity index (χ2v) is 6.03. The summed E-state index contributed by atoms with van der Waals surface area (Å²) in [5.74, 6) is 1.24. The van der Waals surface area contributed by atoms with Gasteiger partial charge in [-0.3, -0.25) is 4.79 Å². The van der Waals surface area contributed by atoms with Crippen LogP contribution in [0, 0.1) is 5.82 Å². The number of rotatable bonds is 9. The Morgan fingerprint density at radius 2 is 1.76 bits per heavy atom. The zero-order valence-corrected chi connectivity index (χ0v) is 15.9. The fourth-order valence-electron chi connectivity index (χ4n) is 2.47. The van der Waals surface area contributed by atoms with E-state index in [2.05, 4.69) is 20.8 Å². The van der Waals surface area contributed by atoms with Crippen LogP contribution in [-0.2, 0) is 6.54 Å². The van der Waals surface area contributed by atoms with E-state index in [-0.39, 0.29) is 24.0 Å². The van der Waals surface area contributed by atoms with E-state index >= 15 is 0 Å². The van der Waals surface area contributed by atoms with Crippen molar-refractivity contribution < 1.29 is 18.7 Å². The van der Waals surface area contributed by atoms with Crippen LogP contribution in [0.4, 0.5) is 10.2 Å². The van der Waals surface area contributed by atoms with Crippen molar-refractivity contribution >= 4 is 11.7 Å². The van der Waals surface area contributed by atoms with Gasteiger partial charge in [0.25, 0.3) is 5.91 Å². The Bertz CT molecular complexity index is 933. The Morgan fingerprint density at radius 1 is 1.00 bits per heavy atom. The number of carbonyl (C=O) groups excluding carboxylic acids is 1. The number of hydrogen-bond donors (Lipinski definition) is 2. The third kappa shape index (κ3) is 5.90. The maximum absolute atomic E-state index is 13.6. The van der Waals surface area contributed by atoms with E-state index in [0.717, 1.165) is 5.75 Å². The van der Waals surface area contributed by atoms with Gasteiger partial charge in [-0.1, -0.05) is 18.2 Å². The molecule has 3 aromatic rings. The van der Waals surface area contributed by atoms with Gasteiger partial charge < -0.3 is 20.1 Å². The largest absolute Gasteiger partial charge is 0.497 e. The molecule has 8 heteroatoms. The highest BCUT2D eigenvalue weighted by Gasteiger charge is 2.08. The molecule has 2 N–H and O–H groups in total. The topological polar surface area (TPSA) is 85.4 Å². The molecule has 0 saturated carbocycles. The summed E-state index contributed by atoms with van der Waals surface area (Å²) in [5, 5.41) is 13.5. The summed E-state index contributed by atoms with van der Waals surface area (Å²) in [7, 11) is 1.60. The minimum absolute atomic E-state index is 0.186. The van der Waals surface area contributed by atoms with Gasteiger partial charge in [-0.25, -0.2) is 4.39 Å². The van der Waals surface area contributed by atoms with Crippen LogP contribution < -0.4 is 20.1 Å². The van der Waals surface area contributed by atoms with E-state index in [1.807, 2.05) is 0 Å². The maximum atomic E-state index is 13.6. The zero-order valence-electron chi connectivity index (χ0n) is 15.9. The van der Waals surface area contributed by atoms with Crippen LogP contribution in [0.3, 0.4) is 0 Å². The Morgan fingerprint density at radius 3 is 2.45 bits per heavy atom. The standard InChI is InChI=1S/C21H21FN4O3/c1-28-16-6-8-17(9-7-16)29-13-12-23-21(27)19-10-11-20(26-25-19)24-14-15-4-2-3-5-18(15)22/h2-11H,12-14H2,1H3,(H,23,27)(H,24,26). The SMILES string of the molecule is COc1ccc(OCCNC(=O)c2ccc(NCc3ccccc3F)nn2)cc1. The van der Waals surface area contributed by atoms with Gasteiger partial charge in [0.05, 0.1) is 13.7 Å². The predicted octanol–water partition coefficient (Wildman–Crippen LogP) is 3.05. The fourth-order valence-corrected chi connectivity index (χ4v) is 2.47. The fraction of sp³-hybridized carbons (Fsp3) is 0.190. The van der Waals surface area contributed by atoms with E-state index in [1.165, 1.54) is 6.07 Å². The summed E-state index contributed by atoms with van der Waals surface area (Å²) in [5.41, 5.74) is 0.707. The van der Waals surface area contributed by atoms with Gasteiger partial charge in [0, 0.05) is 12.1 Å². The lowest BCUT2D eigenvalue weighted by Crippen LogP contribution is -2.29. The molecular weight excluding hydrogens is 375 g/mol. The summed E-state index contributed by atoms with van der Waals surface area (Å²) in [4.78, 5) is 12.1. The molecule has 1 aromatic heterocycles. The third-order valence-electron chi connectivity index (χ3n) is 4.03. The first-order valence-electron chi connectivity index (χ1n) is 9.02. The molecule has 0 aliphatic rings. The van der Waals surface area contributed by atoms with Crippen molar-refractivity contribution in [2.45, 2.75) is 6.54 Å². The summed E-state index contributed by atoms with van der Waals surface area (Å²) >= 11 is 0. The minimum Gasteiger partial charge on any atom is -0.497 e. The molecule has 7 nitrogen and oxygen atoms in total. The number of anilines is 1. The van der Waals surface area contributed by atoms with Crippen LogP contribution in [0.15, 0.2) is 60.7 Å². The van der Waals surface area contributed by atoms with E-state index < -0.39 is 0 Å². The van der Waals surface area contributed by atoms with Crippen molar-refractivity contribution in [1.29, 1.82) is 0 Å². The van der Waals surface area contributed by atoms with Crippen LogP contribution in [0.5, 0.6) is 11.5 Å². The molecule has 1 heterocycles. The number of nitrogens with zero attached hydrogens (tertiary/aromatic N) is 2. The van der Waals surface area contributed by atoms with Gasteiger partial charge in [-0.2, -0.15) is 0 Å². The Balaban J connectivity index is 1.42. The maximum Gasteiger partial charge on any atom is 0.271 e. The molecule has 3 rings (SSSR count). The van der Waals surface area contributed by atoms with Gasteiger partial charge in [0.2, 0.25) is 0 Å². The average Bonchev–Trinajstić information content (AvgIpc) is 2.77. The predicted molar refractivity (Wildman–Crippen MR) is 107 cm³/mol. The van der Waals surface area contributed by atoms with Crippen LogP contribution in [0.1, 0.15) is 16.1 Å². The lowest BCUT2D eigenvalue weighted by molar-refractivity contribution is 0.0941. The first-order valence-corrected chi connectivity index (χ1v) is 9.02. The Labute approximate surface area is 167 Å². The number of aromatic nitrogens is 2. The van der Waals surface area contributed by atoms with E-state index in [1.54, 1.807) is 61.7 Å². The number of methoxy groups -OCH3 is 1. The van der Waals surface area contributed by atoms with Gasteiger partial charge in [0.15, 0.2) is 5.69 Å². The van der Waals surface area contributed by atoms with Gasteiger partial charge in [-0.15, -0.1) is 10.2 Å². The molecule has 0 bridgehead atoms. The average molecular weight is 396 g/mol. The summed E-state index contributed by atoms with van der Waals surface area (Å²) in [6.07, 6.45) is 0. The molecule has 0 fully saturated rings. The molecule has 29 heavy (non-hydrogen) atoms. The van der Waals surface area contributed by atoms with E-state index in [9.17, 15) is 9.18 Å². The monoisotopic (exact) mass is 396 g/mol. The smallest absolute Gasteiger partial charge is 0.271 e. The Hall–Kier alpha value is -3.68. The van der Waals surface area contributed by atoms with Crippen molar-refractivity contribution in [2.75, 3.05) is 25.6 Å². The van der Waals surface area contributed by atoms with Crippen molar-refractivity contribution in [3.05, 3.63) is 77.7 Å². The van der Waals surface area contributed by atoms with Gasteiger partial charge in [0.1, 0.15) is 29.7 Å². The Kier molecular flexibility index (Phi) is 6.94. The van der Waals surface area contributed by atoms with Crippen molar-refractivity contribution in [3.8, 4) is 11.5 Å². The van der Waals surface area contributed by atoms with E-state index in [4.69, 9.17) is 9.47 Å². The number of halogens is 1. The molecule has 2 aromatic carbocycles. The quantitative estimate of drug-likeness (QED) is 0.541. The van der Waals surface area contributed by atoms with Crippen LogP contribution in [-0.4, -0.2) is 36.4 Å². The lowest BCUT2D eigenvalue weighted by Gasteiger charge is -2.09. The summed E-state index contributed by atoms with van der Waals surface area (Å²) in [6.45, 7) is 0.906. The highest BCUT2D eigenvalue weighted by molar-refractivity contribution is 5.92. The molecule has 1 amide bonds. The highest BCUT2D eigenvalue weighted by Crippen LogP contribution is 2.16. The van der Waals surface area contributed by atoms with Crippen LogP contribution in [0.2, 0.25) is 0 Å². The van der Waals surface area contributed by atoms with Crippen molar-refractivity contribution in [2.24, 2.45) is 0 Å². The number of nitrogens with one attached hydrogen (secondary N) is 2. The van der Waals surface area contributed by atoms with E-state index in [0.29, 0.717) is 30.3 Å². The number of carbonyl (C=O) groups is 1.